The molecule has 19 heavy (non-hydrogen) atoms. The summed E-state index contributed by atoms with van der Waals surface area (Å²) in [5.41, 5.74) is 0.343. The Morgan fingerprint density at radius 2 is 1.68 bits per heavy atom. The zero-order chi connectivity index (χ0) is 14.5. The number of hydrogen-bond donors (Lipinski definition) is 1. The summed E-state index contributed by atoms with van der Waals surface area (Å²) in [6, 6.07) is 0. The van der Waals surface area contributed by atoms with Crippen LogP contribution in [0.1, 0.15) is 80.1 Å². The summed E-state index contributed by atoms with van der Waals surface area (Å²) < 4.78 is 0. The van der Waals surface area contributed by atoms with Crippen molar-refractivity contribution in [3.8, 4) is 0 Å². The van der Waals surface area contributed by atoms with Crippen molar-refractivity contribution in [2.24, 2.45) is 28.6 Å². The van der Waals surface area contributed by atoms with E-state index < -0.39 is 5.60 Å². The summed E-state index contributed by atoms with van der Waals surface area (Å²) in [5.74, 6) is 1.94. The highest BCUT2D eigenvalue weighted by molar-refractivity contribution is 5.07. The van der Waals surface area contributed by atoms with E-state index in [9.17, 15) is 5.11 Å². The zero-order valence-electron chi connectivity index (χ0n) is 13.9. The van der Waals surface area contributed by atoms with Crippen LogP contribution in [-0.2, 0) is 0 Å². The summed E-state index contributed by atoms with van der Waals surface area (Å²) in [7, 11) is 0. The van der Waals surface area contributed by atoms with Crippen molar-refractivity contribution < 1.29 is 5.11 Å². The highest BCUT2D eigenvalue weighted by Gasteiger charge is 2.57. The predicted molar refractivity (Wildman–Crippen MR) is 82.0 cm³/mol. The van der Waals surface area contributed by atoms with Crippen LogP contribution in [0.25, 0.3) is 0 Å². The van der Waals surface area contributed by atoms with E-state index in [-0.39, 0.29) is 0 Å². The van der Waals surface area contributed by atoms with Gasteiger partial charge in [-0.05, 0) is 67.6 Å². The third-order valence-electron chi connectivity index (χ3n) is 6.47. The van der Waals surface area contributed by atoms with Gasteiger partial charge in [0.15, 0.2) is 0 Å². The first-order valence-corrected chi connectivity index (χ1v) is 8.32. The largest absolute Gasteiger partial charge is 0.390 e. The molecule has 2 saturated carbocycles. The molecule has 0 aromatic rings. The maximum Gasteiger partial charge on any atom is 0.0653 e. The Balaban J connectivity index is 2.36. The van der Waals surface area contributed by atoms with Gasteiger partial charge in [0.2, 0.25) is 0 Å². The average molecular weight is 266 g/mol. The normalized spacial score (nSPS) is 46.1. The second-order valence-electron chi connectivity index (χ2n) is 8.98. The molecule has 0 saturated heterocycles. The van der Waals surface area contributed by atoms with Crippen LogP contribution in [0.2, 0.25) is 0 Å². The fraction of sp³-hybridized carbons (Fsp3) is 1.00. The lowest BCUT2D eigenvalue weighted by molar-refractivity contribution is -0.172. The molecule has 0 aromatic carbocycles. The Morgan fingerprint density at radius 1 is 1.05 bits per heavy atom. The van der Waals surface area contributed by atoms with E-state index in [1.165, 1.54) is 32.1 Å². The minimum atomic E-state index is -0.455. The van der Waals surface area contributed by atoms with Gasteiger partial charge in [-0.2, -0.15) is 0 Å². The van der Waals surface area contributed by atoms with E-state index >= 15 is 0 Å². The number of fused-ring (bicyclic) bond motifs is 1. The van der Waals surface area contributed by atoms with Gasteiger partial charge in [-0.3, -0.25) is 0 Å². The van der Waals surface area contributed by atoms with Gasteiger partial charge in [-0.25, -0.2) is 0 Å². The fourth-order valence-electron chi connectivity index (χ4n) is 5.62. The molecule has 0 aliphatic heterocycles. The van der Waals surface area contributed by atoms with Crippen molar-refractivity contribution >= 4 is 0 Å². The quantitative estimate of drug-likeness (QED) is 0.743. The molecule has 4 atom stereocenters. The van der Waals surface area contributed by atoms with E-state index in [0.717, 1.165) is 12.3 Å². The molecule has 2 rings (SSSR count). The molecule has 1 nitrogen and oxygen atoms in total. The lowest BCUT2D eigenvalue weighted by Crippen LogP contribution is -2.57. The van der Waals surface area contributed by atoms with Gasteiger partial charge in [-0.1, -0.05) is 41.0 Å². The third-order valence-corrected chi connectivity index (χ3v) is 6.47. The van der Waals surface area contributed by atoms with Crippen molar-refractivity contribution in [3.05, 3.63) is 0 Å². The fourth-order valence-corrected chi connectivity index (χ4v) is 5.62. The first-order chi connectivity index (χ1) is 8.59. The molecule has 1 heteroatoms. The molecule has 4 unspecified atom stereocenters. The topological polar surface area (TPSA) is 20.2 Å². The Hall–Kier alpha value is -0.0400. The molecular formula is C18H34O. The van der Waals surface area contributed by atoms with Crippen molar-refractivity contribution in [1.82, 2.24) is 0 Å². The first-order valence-electron chi connectivity index (χ1n) is 8.32. The Bertz CT molecular complexity index is 329. The molecule has 0 amide bonds. The molecule has 2 aliphatic carbocycles. The van der Waals surface area contributed by atoms with Crippen LogP contribution < -0.4 is 0 Å². The molecule has 112 valence electrons. The second kappa shape index (κ2) is 4.76. The monoisotopic (exact) mass is 266 g/mol. The van der Waals surface area contributed by atoms with E-state index in [1.807, 2.05) is 0 Å². The van der Waals surface area contributed by atoms with E-state index in [2.05, 4.69) is 41.5 Å². The molecule has 2 fully saturated rings. The minimum absolute atomic E-state index is 0.341. The lowest BCUT2D eigenvalue weighted by atomic mass is 9.45. The zero-order valence-corrected chi connectivity index (χ0v) is 13.9. The molecular weight excluding hydrogens is 232 g/mol. The second-order valence-corrected chi connectivity index (χ2v) is 8.98. The summed E-state index contributed by atoms with van der Waals surface area (Å²) >= 11 is 0. The van der Waals surface area contributed by atoms with Gasteiger partial charge in [0.1, 0.15) is 0 Å². The summed E-state index contributed by atoms with van der Waals surface area (Å²) in [6.45, 7) is 14.1. The van der Waals surface area contributed by atoms with Gasteiger partial charge >= 0.3 is 0 Å². The molecule has 0 radical (unpaired) electrons. The maximum atomic E-state index is 11.0. The van der Waals surface area contributed by atoms with Crippen molar-refractivity contribution in [1.29, 1.82) is 0 Å². The van der Waals surface area contributed by atoms with Crippen LogP contribution in [0.15, 0.2) is 0 Å². The SMILES string of the molecule is CC(C)CC1C(C)(O)CCC2C(C)(C)CCCC21C. The van der Waals surface area contributed by atoms with E-state index in [0.29, 0.717) is 22.7 Å². The standard InChI is InChI=1S/C18H34O/c1-13(2)12-15-17(5)10-7-9-16(3,4)14(17)8-11-18(15,6)19/h13-15,19H,7-12H2,1-6H3. The summed E-state index contributed by atoms with van der Waals surface area (Å²) in [5, 5.41) is 11.0. The van der Waals surface area contributed by atoms with Gasteiger partial charge in [-0.15, -0.1) is 0 Å². The van der Waals surface area contributed by atoms with Crippen LogP contribution in [0, 0.1) is 28.6 Å². The average Bonchev–Trinajstić information content (AvgIpc) is 2.22. The predicted octanol–water partition coefficient (Wildman–Crippen LogP) is 5.03. The van der Waals surface area contributed by atoms with Crippen molar-refractivity contribution in [2.75, 3.05) is 0 Å². The van der Waals surface area contributed by atoms with Crippen LogP contribution in [0.3, 0.4) is 0 Å². The Morgan fingerprint density at radius 3 is 2.26 bits per heavy atom. The summed E-state index contributed by atoms with van der Waals surface area (Å²) in [6.07, 6.45) is 7.40. The molecule has 1 N–H and O–H groups in total. The van der Waals surface area contributed by atoms with Crippen LogP contribution >= 0.6 is 0 Å². The lowest BCUT2D eigenvalue weighted by Gasteiger charge is -2.61. The minimum Gasteiger partial charge on any atom is -0.390 e. The van der Waals surface area contributed by atoms with Crippen LogP contribution in [0.4, 0.5) is 0 Å². The van der Waals surface area contributed by atoms with E-state index in [1.54, 1.807) is 0 Å². The first kappa shape index (κ1) is 15.4. The van der Waals surface area contributed by atoms with Gasteiger partial charge < -0.3 is 5.11 Å². The number of hydrogen-bond acceptors (Lipinski definition) is 1. The Labute approximate surface area is 120 Å². The van der Waals surface area contributed by atoms with Gasteiger partial charge in [0, 0.05) is 0 Å². The van der Waals surface area contributed by atoms with Gasteiger partial charge in [0.25, 0.3) is 0 Å². The number of rotatable bonds is 2. The molecule has 0 aromatic heterocycles. The molecule has 0 spiro atoms. The van der Waals surface area contributed by atoms with E-state index in [4.69, 9.17) is 0 Å². The van der Waals surface area contributed by atoms with Crippen molar-refractivity contribution in [2.45, 2.75) is 85.7 Å². The third kappa shape index (κ3) is 2.60. The van der Waals surface area contributed by atoms with Crippen molar-refractivity contribution in [3.63, 3.8) is 0 Å². The molecule has 0 bridgehead atoms. The highest BCUT2D eigenvalue weighted by Crippen LogP contribution is 2.63. The maximum absolute atomic E-state index is 11.0. The summed E-state index contributed by atoms with van der Waals surface area (Å²) in [4.78, 5) is 0. The van der Waals surface area contributed by atoms with Crippen LogP contribution in [0.5, 0.6) is 0 Å². The highest BCUT2D eigenvalue weighted by atomic mass is 16.3. The Kier molecular flexibility index (Phi) is 3.84. The number of aliphatic hydroxyl groups is 1. The smallest absolute Gasteiger partial charge is 0.0653 e. The van der Waals surface area contributed by atoms with Crippen LogP contribution in [-0.4, -0.2) is 10.7 Å². The molecule has 0 heterocycles. The van der Waals surface area contributed by atoms with Gasteiger partial charge in [0.05, 0.1) is 5.60 Å². The molecule has 2 aliphatic rings.